The van der Waals surface area contributed by atoms with Crippen molar-refractivity contribution >= 4 is 5.69 Å². The summed E-state index contributed by atoms with van der Waals surface area (Å²) < 4.78 is 38.5. The Morgan fingerprint density at radius 2 is 1.87 bits per heavy atom. The summed E-state index contributed by atoms with van der Waals surface area (Å²) >= 11 is 0. The molecule has 0 saturated heterocycles. The van der Waals surface area contributed by atoms with Crippen LogP contribution in [0.4, 0.5) is 18.9 Å². The molecule has 15 heavy (non-hydrogen) atoms. The first-order valence-electron chi connectivity index (χ1n) is 4.67. The Labute approximate surface area is 84.7 Å². The predicted molar refractivity (Wildman–Crippen MR) is 49.0 cm³/mol. The van der Waals surface area contributed by atoms with Crippen LogP contribution in [0, 0.1) is 17.5 Å². The highest BCUT2D eigenvalue weighted by Crippen LogP contribution is 2.26. The van der Waals surface area contributed by atoms with Gasteiger partial charge in [0.05, 0.1) is 17.8 Å². The van der Waals surface area contributed by atoms with Crippen LogP contribution in [0.5, 0.6) is 0 Å². The van der Waals surface area contributed by atoms with E-state index in [4.69, 9.17) is 0 Å². The van der Waals surface area contributed by atoms with Crippen molar-refractivity contribution in [2.45, 2.75) is 25.0 Å². The molecule has 1 aliphatic rings. The molecule has 0 heterocycles. The van der Waals surface area contributed by atoms with Crippen LogP contribution >= 0.6 is 0 Å². The fraction of sp³-hybridized carbons (Fsp3) is 0.400. The lowest BCUT2D eigenvalue weighted by molar-refractivity contribution is 0.0784. The number of aliphatic hydroxyl groups excluding tert-OH is 1. The topological polar surface area (TPSA) is 32.3 Å². The van der Waals surface area contributed by atoms with E-state index >= 15 is 0 Å². The Balaban J connectivity index is 2.18. The maximum Gasteiger partial charge on any atom is 0.196 e. The third-order valence-electron chi connectivity index (χ3n) is 2.61. The Kier molecular flexibility index (Phi) is 2.56. The van der Waals surface area contributed by atoms with Crippen molar-refractivity contribution in [2.75, 3.05) is 5.32 Å². The van der Waals surface area contributed by atoms with E-state index in [1.807, 2.05) is 0 Å². The van der Waals surface area contributed by atoms with Gasteiger partial charge >= 0.3 is 0 Å². The molecule has 1 aromatic rings. The Hall–Kier alpha value is -1.23. The number of hydrogen-bond acceptors (Lipinski definition) is 2. The fourth-order valence-electron chi connectivity index (χ4n) is 1.49. The molecule has 5 heteroatoms. The smallest absolute Gasteiger partial charge is 0.196 e. The van der Waals surface area contributed by atoms with Crippen molar-refractivity contribution in [1.82, 2.24) is 0 Å². The van der Waals surface area contributed by atoms with Gasteiger partial charge < -0.3 is 10.4 Å². The molecule has 0 radical (unpaired) electrons. The molecule has 1 fully saturated rings. The SMILES string of the molecule is O[C@@H]1CC[C@H]1Nc1ccc(F)c(F)c1F. The van der Waals surface area contributed by atoms with Crippen LogP contribution in [0.15, 0.2) is 12.1 Å². The number of nitrogens with one attached hydrogen (secondary N) is 1. The summed E-state index contributed by atoms with van der Waals surface area (Å²) in [6, 6.07) is 1.70. The van der Waals surface area contributed by atoms with Gasteiger partial charge in [-0.1, -0.05) is 0 Å². The molecule has 2 N–H and O–H groups in total. The molecule has 2 nitrogen and oxygen atoms in total. The van der Waals surface area contributed by atoms with Crippen molar-refractivity contribution in [1.29, 1.82) is 0 Å². The van der Waals surface area contributed by atoms with Gasteiger partial charge in [0.2, 0.25) is 0 Å². The monoisotopic (exact) mass is 217 g/mol. The highest BCUT2D eigenvalue weighted by molar-refractivity contribution is 5.46. The van der Waals surface area contributed by atoms with Gasteiger partial charge in [0.25, 0.3) is 0 Å². The first-order valence-corrected chi connectivity index (χ1v) is 4.67. The van der Waals surface area contributed by atoms with E-state index in [1.165, 1.54) is 0 Å². The second-order valence-corrected chi connectivity index (χ2v) is 3.62. The molecule has 2 atom stereocenters. The minimum atomic E-state index is -1.49. The molecule has 1 aliphatic carbocycles. The average Bonchev–Trinajstić information content (AvgIpc) is 2.23. The van der Waals surface area contributed by atoms with E-state index in [9.17, 15) is 18.3 Å². The molecule has 1 aromatic carbocycles. The molecule has 82 valence electrons. The zero-order valence-corrected chi connectivity index (χ0v) is 7.80. The number of hydrogen-bond donors (Lipinski definition) is 2. The van der Waals surface area contributed by atoms with Gasteiger partial charge in [0, 0.05) is 0 Å². The lowest BCUT2D eigenvalue weighted by Crippen LogP contribution is -2.42. The summed E-state index contributed by atoms with van der Waals surface area (Å²) in [7, 11) is 0. The van der Waals surface area contributed by atoms with Gasteiger partial charge in [-0.3, -0.25) is 0 Å². The molecule has 0 bridgehead atoms. The van der Waals surface area contributed by atoms with Crippen LogP contribution < -0.4 is 5.32 Å². The Morgan fingerprint density at radius 3 is 2.40 bits per heavy atom. The molecule has 0 spiro atoms. The minimum Gasteiger partial charge on any atom is -0.391 e. The lowest BCUT2D eigenvalue weighted by atomic mass is 9.89. The third kappa shape index (κ3) is 1.79. The number of anilines is 1. The van der Waals surface area contributed by atoms with Crippen LogP contribution in [0.1, 0.15) is 12.8 Å². The normalized spacial score (nSPS) is 24.8. The second kappa shape index (κ2) is 3.73. The number of halogens is 3. The second-order valence-electron chi connectivity index (χ2n) is 3.62. The molecule has 2 rings (SSSR count). The molecule has 0 aliphatic heterocycles. The van der Waals surface area contributed by atoms with Gasteiger partial charge in [-0.15, -0.1) is 0 Å². The van der Waals surface area contributed by atoms with E-state index < -0.39 is 23.6 Å². The summed E-state index contributed by atoms with van der Waals surface area (Å²) in [6.45, 7) is 0. The fourth-order valence-corrected chi connectivity index (χ4v) is 1.49. The Bertz CT molecular complexity index is 383. The molecular weight excluding hydrogens is 207 g/mol. The summed E-state index contributed by atoms with van der Waals surface area (Å²) in [4.78, 5) is 0. The van der Waals surface area contributed by atoms with Crippen LogP contribution in [0.25, 0.3) is 0 Å². The largest absolute Gasteiger partial charge is 0.391 e. The average molecular weight is 217 g/mol. The first-order chi connectivity index (χ1) is 7.09. The molecular formula is C10H10F3NO. The quantitative estimate of drug-likeness (QED) is 0.743. The van der Waals surface area contributed by atoms with E-state index in [-0.39, 0.29) is 11.7 Å². The summed E-state index contributed by atoms with van der Waals surface area (Å²) in [5.74, 6) is -3.95. The molecule has 0 aromatic heterocycles. The zero-order chi connectivity index (χ0) is 11.0. The Morgan fingerprint density at radius 1 is 1.13 bits per heavy atom. The van der Waals surface area contributed by atoms with E-state index in [0.29, 0.717) is 12.8 Å². The van der Waals surface area contributed by atoms with E-state index in [0.717, 1.165) is 12.1 Å². The van der Waals surface area contributed by atoms with E-state index in [2.05, 4.69) is 5.32 Å². The number of rotatable bonds is 2. The van der Waals surface area contributed by atoms with Gasteiger partial charge in [0.15, 0.2) is 17.5 Å². The van der Waals surface area contributed by atoms with Crippen molar-refractivity contribution < 1.29 is 18.3 Å². The zero-order valence-electron chi connectivity index (χ0n) is 7.80. The van der Waals surface area contributed by atoms with Crippen molar-refractivity contribution in [3.8, 4) is 0 Å². The van der Waals surface area contributed by atoms with Crippen LogP contribution in [-0.4, -0.2) is 17.3 Å². The lowest BCUT2D eigenvalue weighted by Gasteiger charge is -2.33. The van der Waals surface area contributed by atoms with Crippen molar-refractivity contribution in [2.24, 2.45) is 0 Å². The summed E-state index contributed by atoms with van der Waals surface area (Å²) in [5, 5.41) is 11.9. The first kappa shape index (κ1) is 10.3. The van der Waals surface area contributed by atoms with Crippen LogP contribution in [0.3, 0.4) is 0 Å². The summed E-state index contributed by atoms with van der Waals surface area (Å²) in [6.07, 6.45) is 0.792. The standard InChI is InChI=1S/C10H10F3NO/c11-5-1-2-7(10(13)9(5)12)14-6-3-4-8(6)15/h1-2,6,8,14-15H,3-4H2/t6-,8-/m1/s1. The van der Waals surface area contributed by atoms with Gasteiger partial charge in [0.1, 0.15) is 0 Å². The molecule has 0 amide bonds. The molecule has 0 unspecified atom stereocenters. The van der Waals surface area contributed by atoms with Crippen molar-refractivity contribution in [3.63, 3.8) is 0 Å². The van der Waals surface area contributed by atoms with Gasteiger partial charge in [-0.2, -0.15) is 0 Å². The van der Waals surface area contributed by atoms with Gasteiger partial charge in [-0.05, 0) is 25.0 Å². The molecule has 1 saturated carbocycles. The van der Waals surface area contributed by atoms with Crippen LogP contribution in [-0.2, 0) is 0 Å². The third-order valence-corrected chi connectivity index (χ3v) is 2.61. The highest BCUT2D eigenvalue weighted by atomic mass is 19.2. The highest BCUT2D eigenvalue weighted by Gasteiger charge is 2.29. The minimum absolute atomic E-state index is 0.113. The number of aliphatic hydroxyl groups is 1. The number of benzene rings is 1. The van der Waals surface area contributed by atoms with Crippen molar-refractivity contribution in [3.05, 3.63) is 29.6 Å². The maximum atomic E-state index is 13.2. The predicted octanol–water partition coefficient (Wildman–Crippen LogP) is 2.04. The van der Waals surface area contributed by atoms with Crippen LogP contribution in [0.2, 0.25) is 0 Å². The van der Waals surface area contributed by atoms with Gasteiger partial charge in [-0.25, -0.2) is 13.2 Å². The van der Waals surface area contributed by atoms with E-state index in [1.54, 1.807) is 0 Å². The maximum absolute atomic E-state index is 13.2. The summed E-state index contributed by atoms with van der Waals surface area (Å²) in [5.41, 5.74) is -0.113.